The predicted octanol–water partition coefficient (Wildman–Crippen LogP) is 8.82. The lowest BCUT2D eigenvalue weighted by molar-refractivity contribution is 0.522. The van der Waals surface area contributed by atoms with Crippen LogP contribution in [0.2, 0.25) is 0 Å². The highest BCUT2D eigenvalue weighted by atomic mass is 14.8. The molecule has 0 fully saturated rings. The van der Waals surface area contributed by atoms with Crippen molar-refractivity contribution in [3.8, 4) is 0 Å². The van der Waals surface area contributed by atoms with E-state index in [2.05, 4.69) is 42.6 Å². The van der Waals surface area contributed by atoms with Crippen LogP contribution in [0.1, 0.15) is 128 Å². The Bertz CT molecular complexity index is 400. The van der Waals surface area contributed by atoms with E-state index in [1.165, 1.54) is 121 Å². The fourth-order valence-corrected chi connectivity index (χ4v) is 3.98. The lowest BCUT2D eigenvalue weighted by Gasteiger charge is -2.05. The first kappa shape index (κ1) is 25.2. The molecule has 0 aliphatic carbocycles. The maximum Gasteiger partial charge on any atom is 0.0205 e. The summed E-state index contributed by atoms with van der Waals surface area (Å²) >= 11 is 0. The van der Waals surface area contributed by atoms with E-state index in [0.29, 0.717) is 0 Å². The van der Waals surface area contributed by atoms with E-state index in [4.69, 9.17) is 0 Å². The molecule has 0 aromatic heterocycles. The number of rotatable bonds is 21. The molecule has 0 atom stereocenters. The van der Waals surface area contributed by atoms with Gasteiger partial charge in [-0.05, 0) is 18.5 Å². The van der Waals surface area contributed by atoms with Crippen LogP contribution < -0.4 is 5.32 Å². The van der Waals surface area contributed by atoms with Gasteiger partial charge < -0.3 is 5.32 Å². The molecular weight excluding hydrogens is 338 g/mol. The molecule has 0 aliphatic heterocycles. The first-order valence-electron chi connectivity index (χ1n) is 12.7. The highest BCUT2D eigenvalue weighted by molar-refractivity contribution is 5.14. The second kappa shape index (κ2) is 20.9. The van der Waals surface area contributed by atoms with Gasteiger partial charge in [0.1, 0.15) is 0 Å². The molecule has 0 amide bonds. The fourth-order valence-electron chi connectivity index (χ4n) is 3.98. The van der Waals surface area contributed by atoms with Crippen molar-refractivity contribution >= 4 is 0 Å². The third-order valence-corrected chi connectivity index (χ3v) is 5.88. The van der Waals surface area contributed by atoms with Crippen LogP contribution in [0.15, 0.2) is 30.3 Å². The Morgan fingerprint density at radius 2 is 0.893 bits per heavy atom. The summed E-state index contributed by atoms with van der Waals surface area (Å²) in [5.41, 5.74) is 1.39. The molecule has 0 aliphatic rings. The van der Waals surface area contributed by atoms with Crippen molar-refractivity contribution in [1.82, 2.24) is 5.32 Å². The van der Waals surface area contributed by atoms with E-state index >= 15 is 0 Å². The SMILES string of the molecule is CCCCCCCCCCCCCCCCCCCCNCc1ccccc1. The highest BCUT2D eigenvalue weighted by Gasteiger charge is 1.95. The van der Waals surface area contributed by atoms with E-state index in [1.54, 1.807) is 0 Å². The topological polar surface area (TPSA) is 12.0 Å². The molecule has 1 nitrogen and oxygen atoms in total. The molecule has 1 rings (SSSR count). The molecule has 0 spiro atoms. The Morgan fingerprint density at radius 1 is 0.500 bits per heavy atom. The van der Waals surface area contributed by atoms with Crippen LogP contribution in [0.5, 0.6) is 0 Å². The second-order valence-electron chi connectivity index (χ2n) is 8.67. The van der Waals surface area contributed by atoms with Crippen molar-refractivity contribution in [2.45, 2.75) is 129 Å². The lowest BCUT2D eigenvalue weighted by atomic mass is 10.0. The summed E-state index contributed by atoms with van der Waals surface area (Å²) in [6, 6.07) is 10.7. The lowest BCUT2D eigenvalue weighted by Crippen LogP contribution is -2.14. The Balaban J connectivity index is 1.67. The zero-order valence-corrected chi connectivity index (χ0v) is 19.0. The van der Waals surface area contributed by atoms with Crippen molar-refractivity contribution in [2.75, 3.05) is 6.54 Å². The molecule has 0 saturated carbocycles. The first-order valence-corrected chi connectivity index (χ1v) is 12.7. The average Bonchev–Trinajstić information content (AvgIpc) is 2.73. The first-order chi connectivity index (χ1) is 13.9. The third-order valence-electron chi connectivity index (χ3n) is 5.88. The molecule has 28 heavy (non-hydrogen) atoms. The minimum atomic E-state index is 1.01. The normalized spacial score (nSPS) is 11.2. The number of benzene rings is 1. The highest BCUT2D eigenvalue weighted by Crippen LogP contribution is 2.14. The minimum absolute atomic E-state index is 1.01. The van der Waals surface area contributed by atoms with E-state index in [-0.39, 0.29) is 0 Å². The number of hydrogen-bond acceptors (Lipinski definition) is 1. The smallest absolute Gasteiger partial charge is 0.0205 e. The molecule has 1 N–H and O–H groups in total. The van der Waals surface area contributed by atoms with Gasteiger partial charge >= 0.3 is 0 Å². The van der Waals surface area contributed by atoms with Gasteiger partial charge in [0.15, 0.2) is 0 Å². The molecule has 0 bridgehead atoms. The Hall–Kier alpha value is -0.820. The Kier molecular flexibility index (Phi) is 18.8. The zero-order chi connectivity index (χ0) is 20.0. The summed E-state index contributed by atoms with van der Waals surface area (Å²) in [6.45, 7) is 4.47. The fraction of sp³-hybridized carbons (Fsp3) is 0.778. The Labute approximate surface area is 177 Å². The number of hydrogen-bond donors (Lipinski definition) is 1. The minimum Gasteiger partial charge on any atom is -0.313 e. The molecule has 1 aromatic rings. The van der Waals surface area contributed by atoms with E-state index in [0.717, 1.165) is 13.1 Å². The van der Waals surface area contributed by atoms with E-state index in [9.17, 15) is 0 Å². The molecular formula is C27H49N. The second-order valence-corrected chi connectivity index (χ2v) is 8.67. The van der Waals surface area contributed by atoms with Gasteiger partial charge in [0, 0.05) is 6.54 Å². The molecule has 1 heteroatoms. The standard InChI is InChI=1S/C27H49N/c1-2-3-4-5-6-7-8-9-10-11-12-13-14-15-16-17-18-22-25-28-26-27-23-20-19-21-24-27/h19-21,23-24,28H,2-18,22,25-26H2,1H3. The molecule has 0 unspecified atom stereocenters. The van der Waals surface area contributed by atoms with Crippen molar-refractivity contribution in [1.29, 1.82) is 0 Å². The maximum atomic E-state index is 3.56. The van der Waals surface area contributed by atoms with Gasteiger partial charge in [0.25, 0.3) is 0 Å². The number of nitrogens with one attached hydrogen (secondary N) is 1. The molecule has 0 saturated heterocycles. The van der Waals surface area contributed by atoms with Gasteiger partial charge in [-0.1, -0.05) is 146 Å². The van der Waals surface area contributed by atoms with Crippen LogP contribution >= 0.6 is 0 Å². The van der Waals surface area contributed by atoms with Gasteiger partial charge in [-0.25, -0.2) is 0 Å². The molecule has 1 aromatic carbocycles. The largest absolute Gasteiger partial charge is 0.313 e. The van der Waals surface area contributed by atoms with Crippen LogP contribution in [-0.2, 0) is 6.54 Å². The van der Waals surface area contributed by atoms with E-state index in [1.807, 2.05) is 0 Å². The van der Waals surface area contributed by atoms with E-state index < -0.39 is 0 Å². The van der Waals surface area contributed by atoms with Crippen molar-refractivity contribution < 1.29 is 0 Å². The monoisotopic (exact) mass is 387 g/mol. The summed E-state index contributed by atoms with van der Waals surface area (Å²) in [4.78, 5) is 0. The Morgan fingerprint density at radius 3 is 1.32 bits per heavy atom. The van der Waals surface area contributed by atoms with Crippen molar-refractivity contribution in [3.05, 3.63) is 35.9 Å². The molecule has 0 radical (unpaired) electrons. The summed E-state index contributed by atoms with van der Waals surface area (Å²) in [5.74, 6) is 0. The number of unbranched alkanes of at least 4 members (excludes halogenated alkanes) is 17. The van der Waals surface area contributed by atoms with Crippen LogP contribution in [0.25, 0.3) is 0 Å². The van der Waals surface area contributed by atoms with Crippen LogP contribution in [-0.4, -0.2) is 6.54 Å². The third kappa shape index (κ3) is 17.3. The zero-order valence-electron chi connectivity index (χ0n) is 19.0. The molecule has 162 valence electrons. The maximum absolute atomic E-state index is 3.56. The van der Waals surface area contributed by atoms with Gasteiger partial charge in [0.2, 0.25) is 0 Å². The molecule has 0 heterocycles. The van der Waals surface area contributed by atoms with Gasteiger partial charge in [-0.3, -0.25) is 0 Å². The summed E-state index contributed by atoms with van der Waals surface area (Å²) in [5, 5.41) is 3.56. The van der Waals surface area contributed by atoms with Crippen LogP contribution in [0, 0.1) is 0 Å². The average molecular weight is 388 g/mol. The van der Waals surface area contributed by atoms with Crippen molar-refractivity contribution in [2.24, 2.45) is 0 Å². The summed E-state index contributed by atoms with van der Waals surface area (Å²) in [6.07, 6.45) is 26.0. The quantitative estimate of drug-likeness (QED) is 0.208. The van der Waals surface area contributed by atoms with Crippen LogP contribution in [0.4, 0.5) is 0 Å². The summed E-state index contributed by atoms with van der Waals surface area (Å²) < 4.78 is 0. The van der Waals surface area contributed by atoms with Gasteiger partial charge in [-0.2, -0.15) is 0 Å². The van der Waals surface area contributed by atoms with Crippen molar-refractivity contribution in [3.63, 3.8) is 0 Å². The van der Waals surface area contributed by atoms with Gasteiger partial charge in [0.05, 0.1) is 0 Å². The summed E-state index contributed by atoms with van der Waals surface area (Å²) in [7, 11) is 0. The van der Waals surface area contributed by atoms with Crippen LogP contribution in [0.3, 0.4) is 0 Å². The van der Waals surface area contributed by atoms with Gasteiger partial charge in [-0.15, -0.1) is 0 Å². The predicted molar refractivity (Wildman–Crippen MR) is 127 cm³/mol.